The van der Waals surface area contributed by atoms with Crippen LogP contribution in [0.25, 0.3) is 11.1 Å². The lowest BCUT2D eigenvalue weighted by Gasteiger charge is -2.47. The predicted molar refractivity (Wildman–Crippen MR) is 140 cm³/mol. The minimum absolute atomic E-state index is 0.0882. The fourth-order valence-corrected chi connectivity index (χ4v) is 6.06. The Morgan fingerprint density at radius 1 is 1.05 bits per heavy atom. The maximum absolute atomic E-state index is 15.0. The van der Waals surface area contributed by atoms with Gasteiger partial charge in [0.15, 0.2) is 0 Å². The van der Waals surface area contributed by atoms with Gasteiger partial charge in [0.25, 0.3) is 5.91 Å². The van der Waals surface area contributed by atoms with Gasteiger partial charge in [-0.1, -0.05) is 12.5 Å². The van der Waals surface area contributed by atoms with Crippen LogP contribution in [0.15, 0.2) is 36.5 Å². The van der Waals surface area contributed by atoms with Crippen molar-refractivity contribution in [3.63, 3.8) is 0 Å². The molecule has 1 aliphatic carbocycles. The van der Waals surface area contributed by atoms with Gasteiger partial charge in [-0.25, -0.2) is 9.37 Å². The molecule has 7 nitrogen and oxygen atoms in total. The fraction of sp³-hybridized carbons (Fsp3) is 0.552. The molecule has 2 N–H and O–H groups in total. The first kappa shape index (κ1) is 28.3. The average Bonchev–Trinajstić information content (AvgIpc) is 3.40. The van der Waals surface area contributed by atoms with E-state index in [0.29, 0.717) is 56.9 Å². The van der Waals surface area contributed by atoms with Crippen LogP contribution in [0.5, 0.6) is 5.88 Å². The number of carbonyl (C=O) groups excluding carboxylic acids is 2. The van der Waals surface area contributed by atoms with E-state index >= 15 is 0 Å². The Morgan fingerprint density at radius 3 is 2.38 bits per heavy atom. The molecule has 0 spiro atoms. The van der Waals surface area contributed by atoms with Crippen LogP contribution in [0.4, 0.5) is 17.6 Å². The number of halogens is 4. The van der Waals surface area contributed by atoms with Gasteiger partial charge in [0.05, 0.1) is 12.0 Å². The zero-order valence-electron chi connectivity index (χ0n) is 22.3. The van der Waals surface area contributed by atoms with E-state index < -0.39 is 35.3 Å². The summed E-state index contributed by atoms with van der Waals surface area (Å²) in [5, 5.41) is 0. The number of ether oxygens (including phenoxy) is 1. The summed E-state index contributed by atoms with van der Waals surface area (Å²) in [5.41, 5.74) is 4.81. The van der Waals surface area contributed by atoms with Gasteiger partial charge in [-0.2, -0.15) is 13.2 Å². The molecule has 0 bridgehead atoms. The maximum Gasteiger partial charge on any atom is 0.395 e. The zero-order valence-corrected chi connectivity index (χ0v) is 22.3. The number of nitrogens with zero attached hydrogens (tertiary/aromatic N) is 3. The van der Waals surface area contributed by atoms with Crippen LogP contribution in [0.1, 0.15) is 55.3 Å². The summed E-state index contributed by atoms with van der Waals surface area (Å²) in [6, 6.07) is 6.85. The smallest absolute Gasteiger partial charge is 0.395 e. The lowest BCUT2D eigenvalue weighted by molar-refractivity contribution is -0.256. The van der Waals surface area contributed by atoms with Crippen LogP contribution in [0, 0.1) is 17.2 Å². The number of nitrogens with two attached hydrogens (primary N) is 1. The number of hydrogen-bond donors (Lipinski definition) is 1. The highest BCUT2D eigenvalue weighted by Gasteiger charge is 2.58. The summed E-state index contributed by atoms with van der Waals surface area (Å²) < 4.78 is 61.3. The molecule has 3 aliphatic rings. The summed E-state index contributed by atoms with van der Waals surface area (Å²) in [6.07, 6.45) is 1.15. The average molecular weight is 563 g/mol. The molecule has 2 aliphatic heterocycles. The summed E-state index contributed by atoms with van der Waals surface area (Å²) in [6.45, 7) is 2.15. The van der Waals surface area contributed by atoms with Crippen LogP contribution in [0.2, 0.25) is 0 Å². The van der Waals surface area contributed by atoms with E-state index in [1.807, 2.05) is 4.90 Å². The third-order valence-corrected chi connectivity index (χ3v) is 8.72. The molecule has 0 radical (unpaired) electrons. The molecule has 2 saturated heterocycles. The largest absolute Gasteiger partial charge is 0.477 e. The number of carbonyl (C=O) groups is 2. The van der Waals surface area contributed by atoms with Crippen molar-refractivity contribution in [2.75, 3.05) is 32.8 Å². The maximum atomic E-state index is 15.0. The van der Waals surface area contributed by atoms with Gasteiger partial charge in [0.1, 0.15) is 11.9 Å². The first-order valence-electron chi connectivity index (χ1n) is 13.8. The van der Waals surface area contributed by atoms with Crippen molar-refractivity contribution in [1.82, 2.24) is 14.8 Å². The monoisotopic (exact) mass is 562 g/mol. The van der Waals surface area contributed by atoms with E-state index in [-0.39, 0.29) is 36.4 Å². The number of amides is 2. The lowest BCUT2D eigenvalue weighted by atomic mass is 9.67. The van der Waals surface area contributed by atoms with Crippen molar-refractivity contribution >= 4 is 11.8 Å². The number of hydrogen-bond acceptors (Lipinski definition) is 5. The second-order valence-corrected chi connectivity index (χ2v) is 11.3. The second-order valence-electron chi connectivity index (χ2n) is 11.3. The van der Waals surface area contributed by atoms with Crippen molar-refractivity contribution in [2.45, 2.75) is 57.2 Å². The molecule has 5 rings (SSSR count). The van der Waals surface area contributed by atoms with E-state index in [0.717, 1.165) is 18.9 Å². The molecule has 0 unspecified atom stereocenters. The summed E-state index contributed by atoms with van der Waals surface area (Å²) in [4.78, 5) is 32.1. The minimum atomic E-state index is -4.14. The molecule has 3 heterocycles. The lowest BCUT2D eigenvalue weighted by Crippen LogP contribution is -2.53. The van der Waals surface area contributed by atoms with Crippen LogP contribution >= 0.6 is 0 Å². The highest BCUT2D eigenvalue weighted by atomic mass is 19.4. The van der Waals surface area contributed by atoms with E-state index in [9.17, 15) is 27.2 Å². The van der Waals surface area contributed by atoms with Crippen LogP contribution in [-0.2, 0) is 4.79 Å². The molecule has 1 aromatic heterocycles. The van der Waals surface area contributed by atoms with E-state index in [1.54, 1.807) is 12.1 Å². The molecule has 3 fully saturated rings. The number of primary amides is 1. The number of rotatable bonds is 8. The number of pyridine rings is 1. The molecule has 2 aromatic rings. The number of aromatic nitrogens is 1. The molecule has 216 valence electrons. The Labute approximate surface area is 230 Å². The van der Waals surface area contributed by atoms with Crippen molar-refractivity contribution in [1.29, 1.82) is 0 Å². The molecule has 2 amide bonds. The predicted octanol–water partition coefficient (Wildman–Crippen LogP) is 4.80. The van der Waals surface area contributed by atoms with E-state index in [4.69, 9.17) is 10.5 Å². The molecule has 1 aromatic carbocycles. The van der Waals surface area contributed by atoms with Crippen molar-refractivity contribution < 1.29 is 31.9 Å². The molecule has 1 saturated carbocycles. The number of alkyl halides is 3. The minimum Gasteiger partial charge on any atom is -0.477 e. The summed E-state index contributed by atoms with van der Waals surface area (Å²) in [7, 11) is 0. The van der Waals surface area contributed by atoms with Crippen molar-refractivity contribution in [3.05, 3.63) is 47.9 Å². The van der Waals surface area contributed by atoms with Crippen LogP contribution in [-0.4, -0.2) is 71.6 Å². The second kappa shape index (κ2) is 11.3. The van der Waals surface area contributed by atoms with Gasteiger partial charge < -0.3 is 20.3 Å². The van der Waals surface area contributed by atoms with Gasteiger partial charge in [0, 0.05) is 42.0 Å². The third kappa shape index (κ3) is 5.80. The summed E-state index contributed by atoms with van der Waals surface area (Å²) >= 11 is 0. The first-order chi connectivity index (χ1) is 19.1. The molecular weight excluding hydrogens is 528 g/mol. The van der Waals surface area contributed by atoms with Gasteiger partial charge in [-0.15, -0.1) is 0 Å². The Bertz CT molecular complexity index is 1220. The highest BCUT2D eigenvalue weighted by Crippen LogP contribution is 2.53. The highest BCUT2D eigenvalue weighted by molar-refractivity contribution is 5.98. The van der Waals surface area contributed by atoms with Gasteiger partial charge in [-0.3, -0.25) is 9.59 Å². The third-order valence-electron chi connectivity index (χ3n) is 8.72. The van der Waals surface area contributed by atoms with Crippen LogP contribution < -0.4 is 10.5 Å². The topological polar surface area (TPSA) is 88.8 Å². The quantitative estimate of drug-likeness (QED) is 0.467. The Morgan fingerprint density at radius 2 is 1.80 bits per heavy atom. The number of benzene rings is 1. The Balaban J connectivity index is 1.12. The zero-order chi connectivity index (χ0) is 28.5. The molecule has 40 heavy (non-hydrogen) atoms. The molecule has 11 heteroatoms. The van der Waals surface area contributed by atoms with Gasteiger partial charge in [-0.05, 0) is 75.7 Å². The SMILES string of the molecule is NC(=O)[C@@H]1CCCN1C(=O)c1ccc(-c2ccc(OCC3CCN(CC4(C(F)(F)F)CCC4)CC3)nc2)c(F)c1. The Hall–Kier alpha value is -3.21. The van der Waals surface area contributed by atoms with E-state index in [2.05, 4.69) is 4.98 Å². The Kier molecular flexibility index (Phi) is 8.03. The normalized spacial score (nSPS) is 21.7. The summed E-state index contributed by atoms with van der Waals surface area (Å²) in [5.74, 6) is -0.965. The number of likely N-dealkylation sites (tertiary alicyclic amines) is 2. The van der Waals surface area contributed by atoms with Crippen molar-refractivity contribution in [2.24, 2.45) is 17.1 Å². The number of piperidine rings is 1. The fourth-order valence-electron chi connectivity index (χ4n) is 6.06. The van der Waals surface area contributed by atoms with Gasteiger partial charge >= 0.3 is 6.18 Å². The van der Waals surface area contributed by atoms with Crippen molar-refractivity contribution in [3.8, 4) is 17.0 Å². The first-order valence-corrected chi connectivity index (χ1v) is 13.8. The molecule has 1 atom stereocenters. The van der Waals surface area contributed by atoms with E-state index in [1.165, 1.54) is 23.2 Å². The molecular formula is C29H34F4N4O3. The van der Waals surface area contributed by atoms with Gasteiger partial charge in [0.2, 0.25) is 11.8 Å². The standard InChI is InChI=1S/C29H34F4N4O3/c30-23-15-20(27(39)37-12-1-3-24(37)26(34)38)4-6-22(23)21-5-7-25(35-16-21)40-17-19-8-13-36(14-9-19)18-28(10-2-11-28)29(31,32)33/h4-7,15-16,19,24H,1-3,8-14,17-18H2,(H2,34,38)/t24-/m0/s1. The van der Waals surface area contributed by atoms with Crippen LogP contribution in [0.3, 0.4) is 0 Å².